The van der Waals surface area contributed by atoms with Crippen LogP contribution in [0.4, 0.5) is 5.82 Å². The highest BCUT2D eigenvalue weighted by atomic mass is 16.1. The van der Waals surface area contributed by atoms with Crippen LogP contribution in [-0.4, -0.2) is 30.0 Å². The average Bonchev–Trinajstić information content (AvgIpc) is 2.38. The molecule has 0 aliphatic carbocycles. The van der Waals surface area contributed by atoms with Crippen LogP contribution in [0.5, 0.6) is 0 Å². The number of rotatable bonds is 8. The molecule has 5 heteroatoms. The molecular formula is C14H24N4O. The zero-order valence-corrected chi connectivity index (χ0v) is 11.8. The summed E-state index contributed by atoms with van der Waals surface area (Å²) in [6.45, 7) is 5.39. The maximum atomic E-state index is 11.4. The van der Waals surface area contributed by atoms with Crippen molar-refractivity contribution in [2.45, 2.75) is 39.2 Å². The first-order chi connectivity index (χ1) is 9.08. The Labute approximate surface area is 115 Å². The number of hydrogen-bond donors (Lipinski definition) is 3. The zero-order valence-electron chi connectivity index (χ0n) is 11.8. The maximum absolute atomic E-state index is 11.4. The van der Waals surface area contributed by atoms with Gasteiger partial charge in [-0.05, 0) is 38.3 Å². The summed E-state index contributed by atoms with van der Waals surface area (Å²) in [7, 11) is 0. The standard InChI is InChI=1S/C14H24N4O/c1-11-4-6-13(18-10-11)16-8-3-9-17-14(19)7-5-12(2)15/h4,6,10,12H,3,5,7-9,15H2,1-2H3,(H,16,18)(H,17,19). The molecule has 0 spiro atoms. The summed E-state index contributed by atoms with van der Waals surface area (Å²) in [4.78, 5) is 15.7. The molecule has 0 bridgehead atoms. The number of aromatic nitrogens is 1. The summed E-state index contributed by atoms with van der Waals surface area (Å²) in [5.41, 5.74) is 6.74. The Morgan fingerprint density at radius 2 is 2.21 bits per heavy atom. The lowest BCUT2D eigenvalue weighted by Crippen LogP contribution is -2.27. The Morgan fingerprint density at radius 3 is 2.84 bits per heavy atom. The molecule has 0 fully saturated rings. The van der Waals surface area contributed by atoms with Gasteiger partial charge in [-0.1, -0.05) is 6.07 Å². The van der Waals surface area contributed by atoms with Gasteiger partial charge in [0.05, 0.1) is 0 Å². The number of aryl methyl sites for hydroxylation is 1. The van der Waals surface area contributed by atoms with Crippen LogP contribution in [0.15, 0.2) is 18.3 Å². The minimum Gasteiger partial charge on any atom is -0.370 e. The van der Waals surface area contributed by atoms with Crippen LogP contribution >= 0.6 is 0 Å². The SMILES string of the molecule is Cc1ccc(NCCCNC(=O)CCC(C)N)nc1. The second-order valence-corrected chi connectivity index (χ2v) is 4.87. The van der Waals surface area contributed by atoms with Crippen molar-refractivity contribution in [1.29, 1.82) is 0 Å². The van der Waals surface area contributed by atoms with Crippen molar-refractivity contribution in [1.82, 2.24) is 10.3 Å². The highest BCUT2D eigenvalue weighted by Gasteiger charge is 2.02. The fraction of sp³-hybridized carbons (Fsp3) is 0.571. The van der Waals surface area contributed by atoms with Gasteiger partial charge in [-0.2, -0.15) is 0 Å². The third-order valence-corrected chi connectivity index (χ3v) is 2.72. The number of carbonyl (C=O) groups is 1. The van der Waals surface area contributed by atoms with Crippen LogP contribution in [-0.2, 0) is 4.79 Å². The van der Waals surface area contributed by atoms with E-state index in [0.29, 0.717) is 13.0 Å². The Hall–Kier alpha value is -1.62. The van der Waals surface area contributed by atoms with Crippen molar-refractivity contribution in [2.75, 3.05) is 18.4 Å². The van der Waals surface area contributed by atoms with Crippen molar-refractivity contribution >= 4 is 11.7 Å². The highest BCUT2D eigenvalue weighted by molar-refractivity contribution is 5.75. The molecule has 0 aliphatic rings. The van der Waals surface area contributed by atoms with Crippen molar-refractivity contribution in [2.24, 2.45) is 5.73 Å². The summed E-state index contributed by atoms with van der Waals surface area (Å²) < 4.78 is 0. The molecule has 1 rings (SSSR count). The Balaban J connectivity index is 2.05. The van der Waals surface area contributed by atoms with Gasteiger partial charge in [-0.3, -0.25) is 4.79 Å². The van der Waals surface area contributed by atoms with Gasteiger partial charge in [0.25, 0.3) is 0 Å². The Bertz CT molecular complexity index is 376. The normalized spacial score (nSPS) is 11.9. The fourth-order valence-corrected chi connectivity index (χ4v) is 1.55. The van der Waals surface area contributed by atoms with Crippen molar-refractivity contribution < 1.29 is 4.79 Å². The molecule has 0 saturated heterocycles. The number of anilines is 1. The van der Waals surface area contributed by atoms with Gasteiger partial charge in [-0.25, -0.2) is 4.98 Å². The van der Waals surface area contributed by atoms with Crippen molar-refractivity contribution in [3.8, 4) is 0 Å². The molecule has 1 aromatic rings. The van der Waals surface area contributed by atoms with Crippen LogP contribution in [0.2, 0.25) is 0 Å². The fourth-order valence-electron chi connectivity index (χ4n) is 1.55. The molecule has 5 nitrogen and oxygen atoms in total. The summed E-state index contributed by atoms with van der Waals surface area (Å²) in [5, 5.41) is 6.09. The second kappa shape index (κ2) is 8.48. The van der Waals surface area contributed by atoms with Gasteiger partial charge in [0.1, 0.15) is 5.82 Å². The first-order valence-electron chi connectivity index (χ1n) is 6.76. The Morgan fingerprint density at radius 1 is 1.42 bits per heavy atom. The molecule has 1 aromatic heterocycles. The molecule has 4 N–H and O–H groups in total. The monoisotopic (exact) mass is 264 g/mol. The topological polar surface area (TPSA) is 80.0 Å². The number of nitrogens with zero attached hydrogens (tertiary/aromatic N) is 1. The number of carbonyl (C=O) groups excluding carboxylic acids is 1. The first kappa shape index (κ1) is 15.4. The molecule has 0 radical (unpaired) electrons. The number of amides is 1. The summed E-state index contributed by atoms with van der Waals surface area (Å²) >= 11 is 0. The second-order valence-electron chi connectivity index (χ2n) is 4.87. The molecule has 0 aliphatic heterocycles. The minimum atomic E-state index is 0.0748. The third kappa shape index (κ3) is 7.41. The van der Waals surface area contributed by atoms with Gasteiger partial charge >= 0.3 is 0 Å². The van der Waals surface area contributed by atoms with Crippen LogP contribution in [0, 0.1) is 6.92 Å². The average molecular weight is 264 g/mol. The molecular weight excluding hydrogens is 240 g/mol. The molecule has 19 heavy (non-hydrogen) atoms. The number of nitrogens with two attached hydrogens (primary N) is 1. The van der Waals surface area contributed by atoms with E-state index in [0.717, 1.165) is 30.8 Å². The molecule has 1 amide bonds. The summed E-state index contributed by atoms with van der Waals surface area (Å²) in [5.74, 6) is 0.944. The first-order valence-corrected chi connectivity index (χ1v) is 6.76. The Kier molecular flexibility index (Phi) is 6.89. The smallest absolute Gasteiger partial charge is 0.220 e. The number of hydrogen-bond acceptors (Lipinski definition) is 4. The van der Waals surface area contributed by atoms with Crippen LogP contribution in [0.3, 0.4) is 0 Å². The van der Waals surface area contributed by atoms with Crippen LogP contribution in [0.1, 0.15) is 31.7 Å². The largest absolute Gasteiger partial charge is 0.370 e. The zero-order chi connectivity index (χ0) is 14.1. The molecule has 1 unspecified atom stereocenters. The van der Waals surface area contributed by atoms with Gasteiger partial charge in [0.2, 0.25) is 5.91 Å². The van der Waals surface area contributed by atoms with Gasteiger partial charge in [0.15, 0.2) is 0 Å². The van der Waals surface area contributed by atoms with Gasteiger partial charge in [0, 0.05) is 31.7 Å². The third-order valence-electron chi connectivity index (χ3n) is 2.72. The highest BCUT2D eigenvalue weighted by Crippen LogP contribution is 2.03. The van der Waals surface area contributed by atoms with E-state index in [9.17, 15) is 4.79 Å². The molecule has 1 heterocycles. The molecule has 0 saturated carbocycles. The van der Waals surface area contributed by atoms with E-state index in [2.05, 4.69) is 15.6 Å². The molecule has 1 atom stereocenters. The van der Waals surface area contributed by atoms with E-state index < -0.39 is 0 Å². The van der Waals surface area contributed by atoms with E-state index in [1.807, 2.05) is 32.2 Å². The van der Waals surface area contributed by atoms with E-state index >= 15 is 0 Å². The van der Waals surface area contributed by atoms with E-state index in [-0.39, 0.29) is 11.9 Å². The number of nitrogens with one attached hydrogen (secondary N) is 2. The minimum absolute atomic E-state index is 0.0748. The van der Waals surface area contributed by atoms with Gasteiger partial charge in [-0.15, -0.1) is 0 Å². The van der Waals surface area contributed by atoms with E-state index in [1.54, 1.807) is 0 Å². The van der Waals surface area contributed by atoms with Gasteiger partial charge < -0.3 is 16.4 Å². The lowest BCUT2D eigenvalue weighted by molar-refractivity contribution is -0.121. The van der Waals surface area contributed by atoms with Crippen LogP contribution < -0.4 is 16.4 Å². The lowest BCUT2D eigenvalue weighted by atomic mass is 10.2. The maximum Gasteiger partial charge on any atom is 0.220 e. The van der Waals surface area contributed by atoms with Crippen molar-refractivity contribution in [3.05, 3.63) is 23.9 Å². The lowest BCUT2D eigenvalue weighted by Gasteiger charge is -2.08. The predicted molar refractivity (Wildman–Crippen MR) is 78.0 cm³/mol. The van der Waals surface area contributed by atoms with E-state index in [1.165, 1.54) is 0 Å². The molecule has 0 aromatic carbocycles. The van der Waals surface area contributed by atoms with E-state index in [4.69, 9.17) is 5.73 Å². The quantitative estimate of drug-likeness (QED) is 0.621. The van der Waals surface area contributed by atoms with Crippen molar-refractivity contribution in [3.63, 3.8) is 0 Å². The number of pyridine rings is 1. The molecule has 106 valence electrons. The van der Waals surface area contributed by atoms with Crippen LogP contribution in [0.25, 0.3) is 0 Å². The predicted octanol–water partition coefficient (Wildman–Crippen LogP) is 1.44. The summed E-state index contributed by atoms with van der Waals surface area (Å²) in [6, 6.07) is 4.06. The summed E-state index contributed by atoms with van der Waals surface area (Å²) in [6.07, 6.45) is 3.94.